The van der Waals surface area contributed by atoms with Crippen LogP contribution in [0, 0.1) is 5.92 Å². The van der Waals surface area contributed by atoms with Gasteiger partial charge in [0, 0.05) is 10.4 Å². The number of hydrogen-bond donors (Lipinski definition) is 1. The summed E-state index contributed by atoms with van der Waals surface area (Å²) >= 11 is 1.53. The summed E-state index contributed by atoms with van der Waals surface area (Å²) in [6.45, 7) is 1.94. The molecular formula is C21H23N5O4S. The van der Waals surface area contributed by atoms with Crippen LogP contribution in [0.3, 0.4) is 0 Å². The van der Waals surface area contributed by atoms with Crippen LogP contribution < -0.4 is 20.5 Å². The van der Waals surface area contributed by atoms with Crippen LogP contribution in [0.4, 0.5) is 0 Å². The van der Waals surface area contributed by atoms with Gasteiger partial charge in [0.2, 0.25) is 0 Å². The maximum absolute atomic E-state index is 12.9. The minimum atomic E-state index is -0.480. The quantitative estimate of drug-likeness (QED) is 0.464. The Morgan fingerprint density at radius 1 is 1.39 bits per heavy atom. The Hall–Kier alpha value is -3.27. The highest BCUT2D eigenvalue weighted by atomic mass is 32.1. The molecule has 2 heterocycles. The van der Waals surface area contributed by atoms with Gasteiger partial charge in [-0.3, -0.25) is 9.59 Å². The van der Waals surface area contributed by atoms with E-state index >= 15 is 0 Å². The molecule has 0 saturated heterocycles. The number of hydrogen-bond acceptors (Lipinski definition) is 8. The van der Waals surface area contributed by atoms with Crippen molar-refractivity contribution in [3.8, 4) is 11.5 Å². The van der Waals surface area contributed by atoms with Crippen LogP contribution in [0.25, 0.3) is 10.2 Å². The topological polar surface area (TPSA) is 108 Å². The molecule has 3 aromatic rings. The number of carbonyl (C=O) groups excluding carboxylic acids is 1. The maximum atomic E-state index is 12.9. The first kappa shape index (κ1) is 21.0. The third-order valence-corrected chi connectivity index (χ3v) is 6.45. The van der Waals surface area contributed by atoms with Crippen molar-refractivity contribution in [2.75, 3.05) is 14.2 Å². The zero-order valence-electron chi connectivity index (χ0n) is 17.5. The zero-order valence-corrected chi connectivity index (χ0v) is 18.4. The predicted octanol–water partition coefficient (Wildman–Crippen LogP) is 2.15. The van der Waals surface area contributed by atoms with Crippen LogP contribution in [0.5, 0.6) is 11.5 Å². The van der Waals surface area contributed by atoms with E-state index in [-0.39, 0.29) is 12.1 Å². The number of thiophene rings is 1. The summed E-state index contributed by atoms with van der Waals surface area (Å²) in [4.78, 5) is 27.1. The predicted molar refractivity (Wildman–Crippen MR) is 118 cm³/mol. The van der Waals surface area contributed by atoms with E-state index in [1.165, 1.54) is 22.4 Å². The van der Waals surface area contributed by atoms with E-state index in [2.05, 4.69) is 27.8 Å². The fraction of sp³-hybridized carbons (Fsp3) is 0.381. The van der Waals surface area contributed by atoms with Crippen molar-refractivity contribution in [1.29, 1.82) is 0 Å². The highest BCUT2D eigenvalue weighted by Gasteiger charge is 2.24. The second-order valence-corrected chi connectivity index (χ2v) is 8.57. The molecular weight excluding hydrogens is 418 g/mol. The van der Waals surface area contributed by atoms with Crippen LogP contribution in [0.2, 0.25) is 0 Å². The number of fused-ring (bicyclic) bond motifs is 3. The number of nitrogens with zero attached hydrogens (tertiary/aromatic N) is 4. The Morgan fingerprint density at radius 3 is 3.00 bits per heavy atom. The number of ether oxygens (including phenoxy) is 2. The van der Waals surface area contributed by atoms with Gasteiger partial charge in [0.1, 0.15) is 18.0 Å². The standard InChI is InChI=1S/C21H23N5O4S/c1-12-4-6-15-17(8-12)31-20-19(15)21(28)26(25-24-20)11-18(27)23-22-10-13-9-14(29-2)5-7-16(13)30-3/h5,7,9-10,12H,4,6,8,11H2,1-3H3,(H,23,27)/b22-10-. The highest BCUT2D eigenvalue weighted by Crippen LogP contribution is 2.35. The third-order valence-electron chi connectivity index (χ3n) is 5.31. The van der Waals surface area contributed by atoms with Gasteiger partial charge < -0.3 is 9.47 Å². The molecule has 2 aromatic heterocycles. The smallest absolute Gasteiger partial charge is 0.279 e. The average molecular weight is 442 g/mol. The largest absolute Gasteiger partial charge is 0.497 e. The van der Waals surface area contributed by atoms with Crippen molar-refractivity contribution in [3.05, 3.63) is 44.6 Å². The Bertz CT molecular complexity index is 1220. The molecule has 1 N–H and O–H groups in total. The van der Waals surface area contributed by atoms with Gasteiger partial charge in [-0.1, -0.05) is 12.1 Å². The Labute approximate surface area is 182 Å². The van der Waals surface area contributed by atoms with E-state index in [4.69, 9.17) is 9.47 Å². The zero-order chi connectivity index (χ0) is 22.0. The molecule has 0 radical (unpaired) electrons. The molecule has 0 saturated carbocycles. The molecule has 0 bridgehead atoms. The van der Waals surface area contributed by atoms with Gasteiger partial charge in [-0.25, -0.2) is 10.1 Å². The number of benzene rings is 1. The number of aryl methyl sites for hydroxylation is 1. The van der Waals surface area contributed by atoms with Crippen LogP contribution >= 0.6 is 11.3 Å². The molecule has 1 atom stereocenters. The maximum Gasteiger partial charge on any atom is 0.279 e. The lowest BCUT2D eigenvalue weighted by Gasteiger charge is -2.17. The van der Waals surface area contributed by atoms with Crippen molar-refractivity contribution in [3.63, 3.8) is 0 Å². The fourth-order valence-corrected chi connectivity index (χ4v) is 5.00. The first-order valence-corrected chi connectivity index (χ1v) is 10.7. The van der Waals surface area contributed by atoms with Crippen LogP contribution in [0.1, 0.15) is 29.3 Å². The lowest BCUT2D eigenvalue weighted by atomic mass is 9.89. The Balaban J connectivity index is 1.50. The summed E-state index contributed by atoms with van der Waals surface area (Å²) in [6, 6.07) is 5.24. The van der Waals surface area contributed by atoms with Crippen LogP contribution in [-0.4, -0.2) is 41.3 Å². The van der Waals surface area contributed by atoms with Crippen molar-refractivity contribution in [2.24, 2.45) is 11.0 Å². The second kappa shape index (κ2) is 8.84. The number of aromatic nitrogens is 3. The molecule has 1 aliphatic carbocycles. The van der Waals surface area contributed by atoms with Gasteiger partial charge in [0.05, 0.1) is 25.8 Å². The van der Waals surface area contributed by atoms with Crippen molar-refractivity contribution < 1.29 is 14.3 Å². The molecule has 4 rings (SSSR count). The van der Waals surface area contributed by atoms with Crippen molar-refractivity contribution in [1.82, 2.24) is 20.4 Å². The monoisotopic (exact) mass is 441 g/mol. The van der Waals surface area contributed by atoms with Gasteiger partial charge in [-0.15, -0.1) is 16.4 Å². The molecule has 1 aliphatic rings. The summed E-state index contributed by atoms with van der Waals surface area (Å²) in [6.07, 6.45) is 4.31. The van der Waals surface area contributed by atoms with Gasteiger partial charge in [-0.2, -0.15) is 5.10 Å². The highest BCUT2D eigenvalue weighted by molar-refractivity contribution is 7.18. The summed E-state index contributed by atoms with van der Waals surface area (Å²) in [5.41, 5.74) is 3.83. The van der Waals surface area contributed by atoms with E-state index in [1.807, 2.05) is 0 Å². The normalized spacial score (nSPS) is 15.8. The number of amides is 1. The lowest BCUT2D eigenvalue weighted by molar-refractivity contribution is -0.121. The second-order valence-electron chi connectivity index (χ2n) is 7.49. The van der Waals surface area contributed by atoms with Gasteiger partial charge >= 0.3 is 0 Å². The molecule has 0 fully saturated rings. The van der Waals surface area contributed by atoms with E-state index in [9.17, 15) is 9.59 Å². The number of nitrogens with one attached hydrogen (secondary N) is 1. The van der Waals surface area contributed by atoms with Crippen molar-refractivity contribution >= 4 is 33.7 Å². The van der Waals surface area contributed by atoms with Gasteiger partial charge in [0.15, 0.2) is 4.83 Å². The molecule has 31 heavy (non-hydrogen) atoms. The fourth-order valence-electron chi connectivity index (χ4n) is 3.68. The molecule has 162 valence electrons. The summed E-state index contributed by atoms with van der Waals surface area (Å²) < 4.78 is 11.6. The number of methoxy groups -OCH3 is 2. The third kappa shape index (κ3) is 4.29. The Morgan fingerprint density at radius 2 is 2.23 bits per heavy atom. The molecule has 10 heteroatoms. The summed E-state index contributed by atoms with van der Waals surface area (Å²) in [5.74, 6) is 1.34. The van der Waals surface area contributed by atoms with Crippen LogP contribution in [-0.2, 0) is 24.2 Å². The first-order chi connectivity index (χ1) is 15.0. The van der Waals surface area contributed by atoms with Gasteiger partial charge in [0.25, 0.3) is 11.5 Å². The lowest BCUT2D eigenvalue weighted by Crippen LogP contribution is -2.32. The number of carbonyl (C=O) groups is 1. The minimum absolute atomic E-state index is 0.268. The summed E-state index contributed by atoms with van der Waals surface area (Å²) in [5, 5.41) is 12.7. The molecule has 0 aliphatic heterocycles. The van der Waals surface area contributed by atoms with Crippen molar-refractivity contribution in [2.45, 2.75) is 32.7 Å². The van der Waals surface area contributed by atoms with E-state index in [1.54, 1.807) is 32.4 Å². The van der Waals surface area contributed by atoms with Gasteiger partial charge in [-0.05, 0) is 48.9 Å². The van der Waals surface area contributed by atoms with E-state index in [0.717, 1.165) is 29.5 Å². The minimum Gasteiger partial charge on any atom is -0.497 e. The van der Waals surface area contributed by atoms with Crippen LogP contribution in [0.15, 0.2) is 28.1 Å². The van der Waals surface area contributed by atoms with E-state index < -0.39 is 5.91 Å². The molecule has 9 nitrogen and oxygen atoms in total. The average Bonchev–Trinajstić information content (AvgIpc) is 3.13. The summed E-state index contributed by atoms with van der Waals surface area (Å²) in [7, 11) is 3.11. The SMILES string of the molecule is COc1ccc(OC)c(/C=N\NC(=O)Cn2nnc3sc4c(c3c2=O)CCC(C)C4)c1. The number of hydrazone groups is 1. The molecule has 0 spiro atoms. The molecule has 1 amide bonds. The van der Waals surface area contributed by atoms with E-state index in [0.29, 0.717) is 33.2 Å². The Kier molecular flexibility index (Phi) is 5.99. The number of rotatable bonds is 6. The molecule has 1 unspecified atom stereocenters. The first-order valence-electron chi connectivity index (χ1n) is 9.92. The molecule has 1 aromatic carbocycles.